The van der Waals surface area contributed by atoms with Crippen molar-refractivity contribution in [1.82, 2.24) is 24.3 Å². The number of thiazole rings is 1. The van der Waals surface area contributed by atoms with Crippen molar-refractivity contribution in [1.29, 1.82) is 0 Å². The highest BCUT2D eigenvalue weighted by Crippen LogP contribution is 2.33. The zero-order valence-corrected chi connectivity index (χ0v) is 19.1. The third kappa shape index (κ3) is 3.37. The third-order valence-electron chi connectivity index (χ3n) is 4.62. The molecule has 0 aliphatic rings. The average Bonchev–Trinajstić information content (AvgIpc) is 3.37. The van der Waals surface area contributed by atoms with Crippen LogP contribution in [0.2, 0.25) is 5.02 Å². The van der Waals surface area contributed by atoms with Crippen LogP contribution in [-0.4, -0.2) is 24.3 Å². The molecule has 0 amide bonds. The first kappa shape index (κ1) is 20.0. The summed E-state index contributed by atoms with van der Waals surface area (Å²) in [7, 11) is 0. The number of nitrogens with zero attached hydrogens (tertiary/aromatic N) is 5. The number of benzene rings is 2. The normalized spacial score (nSPS) is 11.3. The van der Waals surface area contributed by atoms with Gasteiger partial charge in [-0.05, 0) is 37.3 Å². The molecule has 0 spiro atoms. The number of nitrogens with two attached hydrogens (primary N) is 1. The van der Waals surface area contributed by atoms with E-state index in [4.69, 9.17) is 29.6 Å². The molecule has 154 valence electrons. The zero-order chi connectivity index (χ0) is 21.7. The van der Waals surface area contributed by atoms with Gasteiger partial charge in [0.05, 0.1) is 10.7 Å². The predicted octanol–water partition coefficient (Wildman–Crippen LogP) is 5.03. The van der Waals surface area contributed by atoms with Crippen molar-refractivity contribution in [2.24, 2.45) is 0 Å². The highest BCUT2D eigenvalue weighted by molar-refractivity contribution is 7.71. The van der Waals surface area contributed by atoms with Gasteiger partial charge >= 0.3 is 0 Å². The van der Waals surface area contributed by atoms with E-state index in [9.17, 15) is 4.79 Å². The van der Waals surface area contributed by atoms with Crippen molar-refractivity contribution in [3.05, 3.63) is 74.2 Å². The smallest absolute Gasteiger partial charge is 0.278 e. The number of aryl methyl sites for hydroxylation is 1. The molecule has 7 nitrogen and oxygen atoms in total. The van der Waals surface area contributed by atoms with Crippen LogP contribution in [0.4, 0.5) is 5.13 Å². The van der Waals surface area contributed by atoms with E-state index in [1.807, 2.05) is 49.4 Å². The van der Waals surface area contributed by atoms with Gasteiger partial charge in [0, 0.05) is 5.56 Å². The van der Waals surface area contributed by atoms with E-state index >= 15 is 0 Å². The summed E-state index contributed by atoms with van der Waals surface area (Å²) in [6.45, 7) is 1.98. The van der Waals surface area contributed by atoms with Gasteiger partial charge in [-0.15, -0.1) is 10.2 Å². The number of halogens is 1. The van der Waals surface area contributed by atoms with Crippen molar-refractivity contribution >= 4 is 62.0 Å². The summed E-state index contributed by atoms with van der Waals surface area (Å²) in [6, 6.07) is 14.9. The molecule has 2 N–H and O–H groups in total. The standard InChI is InChI=1S/C20H13ClN6OS3/c1-10-6-8-11(9-7-10)26-17(28)14-15(23-18(22)30-14)27(20(26)29)19-25-24-16(31-19)12-4-2-3-5-13(12)21/h2-9H,1H3,(H2,22,23). The summed E-state index contributed by atoms with van der Waals surface area (Å²) < 4.78 is 3.72. The second-order valence-electron chi connectivity index (χ2n) is 6.67. The van der Waals surface area contributed by atoms with E-state index in [0.717, 1.165) is 22.5 Å². The average molecular weight is 485 g/mol. The van der Waals surface area contributed by atoms with E-state index in [1.165, 1.54) is 15.9 Å². The molecule has 0 saturated heterocycles. The molecule has 11 heteroatoms. The Morgan fingerprint density at radius 1 is 1.03 bits per heavy atom. The summed E-state index contributed by atoms with van der Waals surface area (Å²) >= 11 is 14.5. The number of nitrogen functional groups attached to an aromatic ring is 1. The maximum absolute atomic E-state index is 13.3. The number of hydrogen-bond donors (Lipinski definition) is 1. The fourth-order valence-corrected chi connectivity index (χ4v) is 5.48. The molecule has 2 aromatic carbocycles. The summed E-state index contributed by atoms with van der Waals surface area (Å²) in [5, 5.41) is 10.5. The van der Waals surface area contributed by atoms with Crippen molar-refractivity contribution in [3.8, 4) is 21.4 Å². The first-order chi connectivity index (χ1) is 14.9. The highest BCUT2D eigenvalue weighted by atomic mass is 35.5. The molecule has 0 unspecified atom stereocenters. The first-order valence-electron chi connectivity index (χ1n) is 9.04. The largest absolute Gasteiger partial charge is 0.375 e. The second kappa shape index (κ2) is 7.65. The van der Waals surface area contributed by atoms with Gasteiger partial charge in [0.2, 0.25) is 5.13 Å². The van der Waals surface area contributed by atoms with Gasteiger partial charge in [-0.1, -0.05) is 70.2 Å². The molecule has 0 aliphatic heterocycles. The van der Waals surface area contributed by atoms with Gasteiger partial charge in [0.25, 0.3) is 5.56 Å². The van der Waals surface area contributed by atoms with Crippen LogP contribution in [0.25, 0.3) is 31.7 Å². The Morgan fingerprint density at radius 2 is 1.77 bits per heavy atom. The number of rotatable bonds is 3. The molecule has 0 radical (unpaired) electrons. The summed E-state index contributed by atoms with van der Waals surface area (Å²) in [5.74, 6) is 0. The quantitative estimate of drug-likeness (QED) is 0.361. The first-order valence-corrected chi connectivity index (χ1v) is 11.5. The van der Waals surface area contributed by atoms with Crippen LogP contribution >= 0.6 is 46.5 Å². The lowest BCUT2D eigenvalue weighted by molar-refractivity contribution is 0.852. The Labute approximate surface area is 194 Å². The van der Waals surface area contributed by atoms with Gasteiger partial charge in [-0.25, -0.2) is 9.55 Å². The summed E-state index contributed by atoms with van der Waals surface area (Å²) in [5.41, 5.74) is 8.53. The van der Waals surface area contributed by atoms with Gasteiger partial charge in [-0.3, -0.25) is 9.36 Å². The molecule has 5 aromatic rings. The minimum atomic E-state index is -0.273. The molecule has 0 atom stereocenters. The Balaban J connectivity index is 1.80. The Kier molecular flexibility index (Phi) is 4.94. The van der Waals surface area contributed by atoms with Crippen molar-refractivity contribution in [3.63, 3.8) is 0 Å². The van der Waals surface area contributed by atoms with Crippen LogP contribution in [-0.2, 0) is 0 Å². The van der Waals surface area contributed by atoms with Crippen LogP contribution < -0.4 is 11.3 Å². The Morgan fingerprint density at radius 3 is 2.52 bits per heavy atom. The van der Waals surface area contributed by atoms with Crippen LogP contribution in [0.1, 0.15) is 5.56 Å². The molecular formula is C20H13ClN6OS3. The van der Waals surface area contributed by atoms with Crippen molar-refractivity contribution in [2.75, 3.05) is 5.73 Å². The van der Waals surface area contributed by atoms with E-state index in [-0.39, 0.29) is 15.5 Å². The number of aromatic nitrogens is 5. The molecule has 0 saturated carbocycles. The fraction of sp³-hybridized carbons (Fsp3) is 0.0500. The maximum Gasteiger partial charge on any atom is 0.278 e. The van der Waals surface area contributed by atoms with Crippen molar-refractivity contribution in [2.45, 2.75) is 6.92 Å². The van der Waals surface area contributed by atoms with Crippen LogP contribution in [0.3, 0.4) is 0 Å². The molecule has 5 rings (SSSR count). The molecule has 3 heterocycles. The topological polar surface area (TPSA) is 91.6 Å². The molecule has 31 heavy (non-hydrogen) atoms. The molecule has 0 bridgehead atoms. The minimum absolute atomic E-state index is 0.230. The van der Waals surface area contributed by atoms with E-state index < -0.39 is 0 Å². The lowest BCUT2D eigenvalue weighted by Gasteiger charge is -2.11. The highest BCUT2D eigenvalue weighted by Gasteiger charge is 2.20. The van der Waals surface area contributed by atoms with Gasteiger partial charge in [-0.2, -0.15) is 0 Å². The Bertz CT molecular complexity index is 1560. The Hall–Kier alpha value is -2.92. The molecule has 3 aromatic heterocycles. The summed E-state index contributed by atoms with van der Waals surface area (Å²) in [6.07, 6.45) is 0. The molecule has 0 fully saturated rings. The SMILES string of the molecule is Cc1ccc(-n2c(=O)c3sc(N)nc3n(-c3nnc(-c4ccccc4Cl)s3)c2=S)cc1. The predicted molar refractivity (Wildman–Crippen MR) is 128 cm³/mol. The van der Waals surface area contributed by atoms with Gasteiger partial charge in [0.1, 0.15) is 4.70 Å². The van der Waals surface area contributed by atoms with E-state index in [1.54, 1.807) is 10.6 Å². The maximum atomic E-state index is 13.3. The van der Waals surface area contributed by atoms with Crippen LogP contribution in [0, 0.1) is 11.7 Å². The second-order valence-corrected chi connectivity index (χ2v) is 9.43. The lowest BCUT2D eigenvalue weighted by Crippen LogP contribution is -2.23. The number of anilines is 1. The van der Waals surface area contributed by atoms with E-state index in [0.29, 0.717) is 31.2 Å². The fourth-order valence-electron chi connectivity index (χ4n) is 3.14. The van der Waals surface area contributed by atoms with Crippen LogP contribution in [0.5, 0.6) is 0 Å². The van der Waals surface area contributed by atoms with Gasteiger partial charge in [0.15, 0.2) is 20.6 Å². The minimum Gasteiger partial charge on any atom is -0.375 e. The van der Waals surface area contributed by atoms with Crippen LogP contribution in [0.15, 0.2) is 53.3 Å². The van der Waals surface area contributed by atoms with E-state index in [2.05, 4.69) is 15.2 Å². The molecular weight excluding hydrogens is 472 g/mol. The number of hydrogen-bond acceptors (Lipinski definition) is 8. The zero-order valence-electron chi connectivity index (χ0n) is 15.9. The monoisotopic (exact) mass is 484 g/mol. The number of fused-ring (bicyclic) bond motifs is 1. The summed E-state index contributed by atoms with van der Waals surface area (Å²) in [4.78, 5) is 17.6. The molecule has 0 aliphatic carbocycles. The lowest BCUT2D eigenvalue weighted by atomic mass is 10.2. The van der Waals surface area contributed by atoms with Gasteiger partial charge < -0.3 is 5.73 Å². The third-order valence-corrected chi connectivity index (χ3v) is 7.12. The van der Waals surface area contributed by atoms with Crippen molar-refractivity contribution < 1.29 is 0 Å².